The zero-order chi connectivity index (χ0) is 32.9. The number of carbonyl (C=O) groups excluding carboxylic acids is 1. The van der Waals surface area contributed by atoms with Crippen LogP contribution in [0.4, 0.5) is 5.82 Å². The molecule has 0 N–H and O–H groups in total. The number of benzene rings is 1. The molecule has 248 valence electrons. The normalized spacial score (nSPS) is 16.5. The van der Waals surface area contributed by atoms with E-state index >= 15 is 0 Å². The molecule has 0 radical (unpaired) electrons. The summed E-state index contributed by atoms with van der Waals surface area (Å²) in [5, 5.41) is 10.0. The van der Waals surface area contributed by atoms with Crippen LogP contribution in [0.3, 0.4) is 0 Å². The minimum Gasteiger partial charge on any atom is -0.355 e. The third-order valence-corrected chi connectivity index (χ3v) is 10.5. The highest BCUT2D eigenvalue weighted by Crippen LogP contribution is 2.36. The van der Waals surface area contributed by atoms with Crippen LogP contribution in [0.5, 0.6) is 0 Å². The number of carbonyl (C=O) groups is 1. The van der Waals surface area contributed by atoms with Gasteiger partial charge in [0.2, 0.25) is 0 Å². The Bertz CT molecular complexity index is 1450. The number of unbranched alkanes of at least 4 members (excludes halogenated alkanes) is 9. The molecule has 2 fully saturated rings. The molecule has 46 heavy (non-hydrogen) atoms. The van der Waals surface area contributed by atoms with Gasteiger partial charge in [-0.05, 0) is 37.0 Å². The van der Waals surface area contributed by atoms with Crippen LogP contribution >= 0.6 is 24.0 Å². The van der Waals surface area contributed by atoms with Gasteiger partial charge in [-0.15, -0.1) is 0 Å². The number of hydrogen-bond acceptors (Lipinski definition) is 7. The maximum atomic E-state index is 13.7. The number of piperazine rings is 1. The van der Waals surface area contributed by atoms with E-state index < -0.39 is 0 Å². The molecule has 1 aromatic carbocycles. The lowest BCUT2D eigenvalue weighted by Crippen LogP contribution is -2.48. The summed E-state index contributed by atoms with van der Waals surface area (Å²) in [4.78, 5) is 34.2. The molecule has 4 rings (SSSR count). The first-order valence-corrected chi connectivity index (χ1v) is 18.6. The van der Waals surface area contributed by atoms with Gasteiger partial charge in [-0.1, -0.05) is 126 Å². The van der Waals surface area contributed by atoms with Crippen LogP contribution in [0.1, 0.15) is 107 Å². The number of thiocarbonyl (C=S) groups is 1. The quantitative estimate of drug-likeness (QED) is 0.0970. The third kappa shape index (κ3) is 9.33. The Morgan fingerprint density at radius 3 is 2.11 bits per heavy atom. The van der Waals surface area contributed by atoms with E-state index in [-0.39, 0.29) is 17.0 Å². The highest BCUT2D eigenvalue weighted by Gasteiger charge is 2.33. The van der Waals surface area contributed by atoms with Gasteiger partial charge < -0.3 is 4.90 Å². The summed E-state index contributed by atoms with van der Waals surface area (Å²) >= 11 is 7.01. The Morgan fingerprint density at radius 2 is 1.50 bits per heavy atom. The van der Waals surface area contributed by atoms with Crippen LogP contribution in [0.15, 0.2) is 40.0 Å². The van der Waals surface area contributed by atoms with Crippen molar-refractivity contribution in [2.45, 2.75) is 104 Å². The fourth-order valence-corrected chi connectivity index (χ4v) is 7.75. The van der Waals surface area contributed by atoms with Crippen molar-refractivity contribution >= 4 is 46.1 Å². The van der Waals surface area contributed by atoms with Crippen LogP contribution in [0, 0.1) is 18.3 Å². The Labute approximate surface area is 285 Å². The van der Waals surface area contributed by atoms with Crippen LogP contribution in [-0.4, -0.2) is 57.3 Å². The monoisotopic (exact) mass is 661 g/mol. The lowest BCUT2D eigenvalue weighted by Gasteiger charge is -2.38. The number of nitriles is 1. The van der Waals surface area contributed by atoms with Crippen molar-refractivity contribution < 1.29 is 4.79 Å². The van der Waals surface area contributed by atoms with Crippen LogP contribution in [0.2, 0.25) is 0 Å². The predicted molar refractivity (Wildman–Crippen MR) is 196 cm³/mol. The molecule has 2 aliphatic heterocycles. The van der Waals surface area contributed by atoms with Crippen molar-refractivity contribution in [3.63, 3.8) is 0 Å². The summed E-state index contributed by atoms with van der Waals surface area (Å²) in [5.74, 6) is 0.735. The molecule has 2 saturated heterocycles. The van der Waals surface area contributed by atoms with Gasteiger partial charge in [-0.25, -0.2) is 0 Å². The smallest absolute Gasteiger partial charge is 0.270 e. The zero-order valence-electron chi connectivity index (χ0n) is 28.1. The van der Waals surface area contributed by atoms with Crippen molar-refractivity contribution in [3.05, 3.63) is 67.8 Å². The standard InChI is InChI=1S/C37H51N5O2S2/c1-4-6-7-8-9-10-11-12-13-17-21-42-36(44)33(46-37(42)45)26-31-29(3)32(27-38)35(43)41(20-5-2)34(31)40-24-22-39(23-25-40)28-30-18-15-14-16-19-30/h14-16,18-19,26H,4-13,17,20-25,28H2,1-3H3/b33-26+. The minimum absolute atomic E-state index is 0.0734. The zero-order valence-corrected chi connectivity index (χ0v) is 29.7. The van der Waals surface area contributed by atoms with Gasteiger partial charge in [-0.2, -0.15) is 5.26 Å². The first-order chi connectivity index (χ1) is 22.4. The Morgan fingerprint density at radius 1 is 0.870 bits per heavy atom. The largest absolute Gasteiger partial charge is 0.355 e. The van der Waals surface area contributed by atoms with E-state index in [1.54, 1.807) is 9.47 Å². The fraction of sp³-hybridized carbons (Fsp3) is 0.568. The van der Waals surface area contributed by atoms with Gasteiger partial charge in [0, 0.05) is 51.4 Å². The number of pyridine rings is 1. The van der Waals surface area contributed by atoms with Crippen LogP contribution < -0.4 is 10.5 Å². The lowest BCUT2D eigenvalue weighted by molar-refractivity contribution is -0.122. The van der Waals surface area contributed by atoms with E-state index in [9.17, 15) is 14.9 Å². The van der Waals surface area contributed by atoms with Crippen LogP contribution in [-0.2, 0) is 17.9 Å². The van der Waals surface area contributed by atoms with Gasteiger partial charge in [0.05, 0.1) is 4.91 Å². The number of anilines is 1. The summed E-state index contributed by atoms with van der Waals surface area (Å²) in [5.41, 5.74) is 2.58. The molecule has 9 heteroatoms. The average molecular weight is 662 g/mol. The summed E-state index contributed by atoms with van der Waals surface area (Å²) in [6.07, 6.45) is 15.1. The van der Waals surface area contributed by atoms with Crippen molar-refractivity contribution in [3.8, 4) is 6.07 Å². The SMILES string of the molecule is CCCCCCCCCCCCN1C(=O)/C(=C\c2c(C)c(C#N)c(=O)n(CCC)c2N2CCN(Cc3ccccc3)CC2)SC1=S. The van der Waals surface area contributed by atoms with E-state index in [1.807, 2.05) is 26.0 Å². The summed E-state index contributed by atoms with van der Waals surface area (Å²) in [6.45, 7) is 11.4. The number of rotatable bonds is 17. The maximum Gasteiger partial charge on any atom is 0.270 e. The molecule has 0 aliphatic carbocycles. The minimum atomic E-state index is -0.255. The van der Waals surface area contributed by atoms with Crippen molar-refractivity contribution in [1.29, 1.82) is 5.26 Å². The van der Waals surface area contributed by atoms with E-state index in [0.717, 1.165) is 63.4 Å². The first kappa shape index (κ1) is 35.9. The molecule has 0 spiro atoms. The van der Waals surface area contributed by atoms with Gasteiger partial charge in [0.1, 0.15) is 21.8 Å². The second-order valence-corrected chi connectivity index (χ2v) is 14.2. The van der Waals surface area contributed by atoms with Gasteiger partial charge in [-0.3, -0.25) is 24.0 Å². The van der Waals surface area contributed by atoms with Crippen molar-refractivity contribution in [2.24, 2.45) is 0 Å². The molecule has 2 aromatic rings. The fourth-order valence-electron chi connectivity index (χ4n) is 6.46. The highest BCUT2D eigenvalue weighted by atomic mass is 32.2. The second-order valence-electron chi connectivity index (χ2n) is 12.6. The van der Waals surface area contributed by atoms with Crippen molar-refractivity contribution in [1.82, 2.24) is 14.4 Å². The van der Waals surface area contributed by atoms with E-state index in [2.05, 4.69) is 47.1 Å². The van der Waals surface area contributed by atoms with Gasteiger partial charge in [0.25, 0.3) is 11.5 Å². The number of nitrogens with zero attached hydrogens (tertiary/aromatic N) is 5. The molecule has 0 unspecified atom stereocenters. The Kier molecular flexibility index (Phi) is 14.4. The topological polar surface area (TPSA) is 72.6 Å². The van der Waals surface area contributed by atoms with Crippen LogP contribution in [0.25, 0.3) is 6.08 Å². The second kappa shape index (κ2) is 18.4. The first-order valence-electron chi connectivity index (χ1n) is 17.3. The molecule has 0 saturated carbocycles. The van der Waals surface area contributed by atoms with E-state index in [1.165, 1.54) is 68.7 Å². The Balaban J connectivity index is 1.48. The summed E-state index contributed by atoms with van der Waals surface area (Å²) in [6, 6.07) is 12.6. The lowest BCUT2D eigenvalue weighted by atomic mass is 10.0. The number of hydrogen-bond donors (Lipinski definition) is 0. The Hall–Kier alpha value is -2.93. The summed E-state index contributed by atoms with van der Waals surface area (Å²) < 4.78 is 2.35. The van der Waals surface area contributed by atoms with Gasteiger partial charge in [0.15, 0.2) is 0 Å². The summed E-state index contributed by atoms with van der Waals surface area (Å²) in [7, 11) is 0. The van der Waals surface area contributed by atoms with Gasteiger partial charge >= 0.3 is 0 Å². The van der Waals surface area contributed by atoms with Crippen molar-refractivity contribution in [2.75, 3.05) is 37.6 Å². The molecule has 2 aliphatic rings. The molecule has 1 amide bonds. The molecule has 3 heterocycles. The van der Waals surface area contributed by atoms with E-state index in [4.69, 9.17) is 12.2 Å². The average Bonchev–Trinajstić information content (AvgIpc) is 3.33. The number of amides is 1. The molecular formula is C37H51N5O2S2. The molecule has 0 bridgehead atoms. The number of thioether (sulfide) groups is 1. The molecule has 7 nitrogen and oxygen atoms in total. The molecular weight excluding hydrogens is 611 g/mol. The highest BCUT2D eigenvalue weighted by molar-refractivity contribution is 8.26. The predicted octanol–water partition coefficient (Wildman–Crippen LogP) is 7.88. The van der Waals surface area contributed by atoms with E-state index in [0.29, 0.717) is 27.9 Å². The molecule has 0 atom stereocenters. The number of aromatic nitrogens is 1. The maximum absolute atomic E-state index is 13.7. The third-order valence-electron chi connectivity index (χ3n) is 9.10. The molecule has 1 aromatic heterocycles.